The lowest BCUT2D eigenvalue weighted by molar-refractivity contribution is -0.149. The molecular formula is C10H15N3O2. The molecule has 2 unspecified atom stereocenters. The number of hydrogen-bond donors (Lipinski definition) is 1. The molecule has 2 rings (SSSR count). The van der Waals surface area contributed by atoms with Crippen molar-refractivity contribution in [2.24, 2.45) is 5.92 Å². The van der Waals surface area contributed by atoms with Crippen LogP contribution in [0.15, 0.2) is 12.3 Å². The number of rotatable bonds is 2. The van der Waals surface area contributed by atoms with Crippen LogP contribution in [0.2, 0.25) is 0 Å². The number of aromatic nitrogens is 2. The molecule has 0 saturated heterocycles. The average molecular weight is 209 g/mol. The van der Waals surface area contributed by atoms with Crippen molar-refractivity contribution in [2.45, 2.75) is 19.9 Å². The smallest absolute Gasteiger partial charge is 0.312 e. The third-order valence-electron chi connectivity index (χ3n) is 2.73. The van der Waals surface area contributed by atoms with E-state index in [0.29, 0.717) is 13.2 Å². The number of anilines is 1. The van der Waals surface area contributed by atoms with Crippen molar-refractivity contribution in [2.75, 3.05) is 18.5 Å². The molecule has 0 fully saturated rings. The van der Waals surface area contributed by atoms with Gasteiger partial charge < -0.3 is 10.1 Å². The summed E-state index contributed by atoms with van der Waals surface area (Å²) < 4.78 is 6.85. The minimum atomic E-state index is -0.155. The number of nitrogens with zero attached hydrogens (tertiary/aromatic N) is 2. The highest BCUT2D eigenvalue weighted by atomic mass is 16.5. The van der Waals surface area contributed by atoms with Gasteiger partial charge in [-0.2, -0.15) is 5.10 Å². The molecule has 2 heterocycles. The topological polar surface area (TPSA) is 56.1 Å². The summed E-state index contributed by atoms with van der Waals surface area (Å²) in [5.41, 5.74) is 0. The summed E-state index contributed by atoms with van der Waals surface area (Å²) in [6.45, 7) is 4.84. The van der Waals surface area contributed by atoms with Gasteiger partial charge in [-0.25, -0.2) is 4.68 Å². The van der Waals surface area contributed by atoms with Gasteiger partial charge in [0.05, 0.1) is 24.8 Å². The first-order chi connectivity index (χ1) is 7.24. The summed E-state index contributed by atoms with van der Waals surface area (Å²) in [7, 11) is 0. The minimum absolute atomic E-state index is 0.0512. The van der Waals surface area contributed by atoms with Crippen molar-refractivity contribution in [3.63, 3.8) is 0 Å². The van der Waals surface area contributed by atoms with Crippen molar-refractivity contribution >= 4 is 11.8 Å². The van der Waals surface area contributed by atoms with E-state index in [1.165, 1.54) is 0 Å². The lowest BCUT2D eigenvalue weighted by Crippen LogP contribution is -2.37. The molecule has 1 aromatic heterocycles. The number of carbonyl (C=O) groups excluding carboxylic acids is 1. The van der Waals surface area contributed by atoms with E-state index >= 15 is 0 Å². The average Bonchev–Trinajstić information content (AvgIpc) is 2.67. The van der Waals surface area contributed by atoms with Crippen molar-refractivity contribution in [1.82, 2.24) is 9.78 Å². The van der Waals surface area contributed by atoms with Crippen molar-refractivity contribution in [1.29, 1.82) is 0 Å². The fourth-order valence-corrected chi connectivity index (χ4v) is 1.86. The van der Waals surface area contributed by atoms with Crippen LogP contribution in [0.4, 0.5) is 5.82 Å². The molecule has 1 N–H and O–H groups in total. The van der Waals surface area contributed by atoms with Gasteiger partial charge in [-0.05, 0) is 13.8 Å². The fraction of sp³-hybridized carbons (Fsp3) is 0.600. The molecule has 2 atom stereocenters. The highest BCUT2D eigenvalue weighted by Crippen LogP contribution is 2.27. The summed E-state index contributed by atoms with van der Waals surface area (Å²) in [5.74, 6) is 0.652. The van der Waals surface area contributed by atoms with Crippen LogP contribution in [0.5, 0.6) is 0 Å². The van der Waals surface area contributed by atoms with Gasteiger partial charge in [0, 0.05) is 12.6 Å². The molecule has 15 heavy (non-hydrogen) atoms. The Labute approximate surface area is 88.4 Å². The maximum Gasteiger partial charge on any atom is 0.312 e. The fourth-order valence-electron chi connectivity index (χ4n) is 1.86. The Bertz CT molecular complexity index is 361. The maximum atomic E-state index is 11.6. The Morgan fingerprint density at radius 1 is 1.80 bits per heavy atom. The highest BCUT2D eigenvalue weighted by Gasteiger charge is 2.32. The Kier molecular flexibility index (Phi) is 2.62. The van der Waals surface area contributed by atoms with Gasteiger partial charge in [0.2, 0.25) is 0 Å². The zero-order chi connectivity index (χ0) is 10.8. The zero-order valence-corrected chi connectivity index (χ0v) is 8.93. The second kappa shape index (κ2) is 3.92. The summed E-state index contributed by atoms with van der Waals surface area (Å²) in [4.78, 5) is 11.6. The van der Waals surface area contributed by atoms with E-state index in [2.05, 4.69) is 10.4 Å². The summed E-state index contributed by atoms with van der Waals surface area (Å²) in [6.07, 6.45) is 1.73. The predicted octanol–water partition coefficient (Wildman–Crippen LogP) is 1.05. The highest BCUT2D eigenvalue weighted by molar-refractivity contribution is 5.74. The first-order valence-electron chi connectivity index (χ1n) is 5.18. The minimum Gasteiger partial charge on any atom is -0.466 e. The van der Waals surface area contributed by atoms with Crippen LogP contribution < -0.4 is 5.32 Å². The third kappa shape index (κ3) is 1.69. The van der Waals surface area contributed by atoms with Gasteiger partial charge >= 0.3 is 5.97 Å². The number of esters is 1. The molecule has 0 radical (unpaired) electrons. The Morgan fingerprint density at radius 2 is 2.60 bits per heavy atom. The Hall–Kier alpha value is -1.52. The molecule has 5 heteroatoms. The van der Waals surface area contributed by atoms with E-state index in [-0.39, 0.29) is 17.9 Å². The molecule has 5 nitrogen and oxygen atoms in total. The molecule has 0 saturated carbocycles. The lowest BCUT2D eigenvalue weighted by Gasteiger charge is -2.29. The third-order valence-corrected chi connectivity index (χ3v) is 2.73. The standard InChI is InChI=1S/C10H15N3O2/c1-3-15-10(14)8-6-11-9-4-5-12-13(9)7(8)2/h4-5,7-8,11H,3,6H2,1-2H3. The van der Waals surface area contributed by atoms with Crippen LogP contribution in [0.1, 0.15) is 19.9 Å². The summed E-state index contributed by atoms with van der Waals surface area (Å²) in [6, 6.07) is 1.95. The van der Waals surface area contributed by atoms with E-state index in [9.17, 15) is 4.79 Å². The number of nitrogens with one attached hydrogen (secondary N) is 1. The van der Waals surface area contributed by atoms with Crippen LogP contribution in [-0.4, -0.2) is 28.9 Å². The van der Waals surface area contributed by atoms with Crippen LogP contribution >= 0.6 is 0 Å². The molecule has 0 spiro atoms. The van der Waals surface area contributed by atoms with E-state index in [4.69, 9.17) is 4.74 Å². The van der Waals surface area contributed by atoms with E-state index < -0.39 is 0 Å². The second-order valence-corrected chi connectivity index (χ2v) is 3.64. The molecular weight excluding hydrogens is 194 g/mol. The number of ether oxygens (including phenoxy) is 1. The number of carbonyl (C=O) groups is 1. The molecule has 1 aromatic rings. The van der Waals surface area contributed by atoms with Crippen molar-refractivity contribution in [3.8, 4) is 0 Å². The first-order valence-corrected chi connectivity index (χ1v) is 5.18. The molecule has 0 bridgehead atoms. The van der Waals surface area contributed by atoms with Crippen LogP contribution in [0, 0.1) is 5.92 Å². The van der Waals surface area contributed by atoms with Gasteiger partial charge in [-0.15, -0.1) is 0 Å². The Balaban J connectivity index is 2.16. The number of hydrogen-bond acceptors (Lipinski definition) is 4. The van der Waals surface area contributed by atoms with Crippen LogP contribution in [0.3, 0.4) is 0 Å². The second-order valence-electron chi connectivity index (χ2n) is 3.64. The van der Waals surface area contributed by atoms with Crippen LogP contribution in [0.25, 0.3) is 0 Å². The SMILES string of the molecule is CCOC(=O)C1CNc2ccnn2C1C. The zero-order valence-electron chi connectivity index (χ0n) is 8.93. The predicted molar refractivity (Wildman–Crippen MR) is 55.6 cm³/mol. The van der Waals surface area contributed by atoms with Crippen molar-refractivity contribution < 1.29 is 9.53 Å². The summed E-state index contributed by atoms with van der Waals surface area (Å²) >= 11 is 0. The molecule has 0 amide bonds. The first kappa shape index (κ1) is 10.0. The lowest BCUT2D eigenvalue weighted by atomic mass is 10.00. The molecule has 0 aliphatic carbocycles. The molecule has 1 aliphatic heterocycles. The molecule has 0 aromatic carbocycles. The Morgan fingerprint density at radius 3 is 3.33 bits per heavy atom. The normalized spacial score (nSPS) is 24.1. The van der Waals surface area contributed by atoms with Crippen molar-refractivity contribution in [3.05, 3.63) is 12.3 Å². The van der Waals surface area contributed by atoms with Crippen LogP contribution in [-0.2, 0) is 9.53 Å². The summed E-state index contributed by atoms with van der Waals surface area (Å²) in [5, 5.41) is 7.34. The van der Waals surface area contributed by atoms with Gasteiger partial charge in [-0.3, -0.25) is 4.79 Å². The van der Waals surface area contributed by atoms with Gasteiger partial charge in [0.1, 0.15) is 5.82 Å². The molecule has 82 valence electrons. The van der Waals surface area contributed by atoms with E-state index in [1.54, 1.807) is 6.20 Å². The van der Waals surface area contributed by atoms with Gasteiger partial charge in [0.25, 0.3) is 0 Å². The quantitative estimate of drug-likeness (QED) is 0.740. The molecule has 1 aliphatic rings. The van der Waals surface area contributed by atoms with Gasteiger partial charge in [-0.1, -0.05) is 0 Å². The van der Waals surface area contributed by atoms with E-state index in [0.717, 1.165) is 5.82 Å². The van der Waals surface area contributed by atoms with Gasteiger partial charge in [0.15, 0.2) is 0 Å². The monoisotopic (exact) mass is 209 g/mol. The largest absolute Gasteiger partial charge is 0.466 e. The maximum absolute atomic E-state index is 11.6. The number of fused-ring (bicyclic) bond motifs is 1. The van der Waals surface area contributed by atoms with E-state index in [1.807, 2.05) is 24.6 Å².